The molecule has 3 aromatic rings. The van der Waals surface area contributed by atoms with Crippen molar-refractivity contribution in [1.29, 1.82) is 5.26 Å². The van der Waals surface area contributed by atoms with Gasteiger partial charge >= 0.3 is 0 Å². The summed E-state index contributed by atoms with van der Waals surface area (Å²) in [6.07, 6.45) is 6.60. The molecule has 3 aromatic heterocycles. The molecule has 1 fully saturated rings. The monoisotopic (exact) mass is 325 g/mol. The molecule has 0 N–H and O–H groups in total. The number of nitriles is 1. The van der Waals surface area contributed by atoms with Crippen molar-refractivity contribution in [3.05, 3.63) is 52.8 Å². The lowest BCUT2D eigenvalue weighted by atomic mass is 10.2. The third-order valence-electron chi connectivity index (χ3n) is 3.71. The van der Waals surface area contributed by atoms with Crippen LogP contribution in [0.4, 0.5) is 0 Å². The number of aromatic nitrogens is 4. The van der Waals surface area contributed by atoms with E-state index in [2.05, 4.69) is 27.2 Å². The first-order valence-electron chi connectivity index (χ1n) is 7.26. The molecule has 0 spiro atoms. The summed E-state index contributed by atoms with van der Waals surface area (Å²) in [6.45, 7) is 0.249. The second-order valence-corrected chi connectivity index (χ2v) is 5.87. The van der Waals surface area contributed by atoms with Crippen molar-refractivity contribution in [3.63, 3.8) is 0 Å². The van der Waals surface area contributed by atoms with Crippen molar-refractivity contribution in [1.82, 2.24) is 19.4 Å². The minimum Gasteiger partial charge on any atom is -0.471 e. The number of hydrogen-bond acceptors (Lipinski definition) is 5. The summed E-state index contributed by atoms with van der Waals surface area (Å²) in [5.41, 5.74) is 3.02. The number of nitrogens with zero attached hydrogens (tertiary/aromatic N) is 5. The van der Waals surface area contributed by atoms with Crippen molar-refractivity contribution in [2.75, 3.05) is 0 Å². The summed E-state index contributed by atoms with van der Waals surface area (Å²) in [5, 5.41) is 9.01. The zero-order valence-corrected chi connectivity index (χ0v) is 12.9. The van der Waals surface area contributed by atoms with Crippen LogP contribution in [-0.2, 0) is 6.61 Å². The van der Waals surface area contributed by atoms with Gasteiger partial charge in [0.1, 0.15) is 23.5 Å². The average molecular weight is 326 g/mol. The van der Waals surface area contributed by atoms with Gasteiger partial charge in [0.15, 0.2) is 0 Å². The van der Waals surface area contributed by atoms with E-state index in [0.717, 1.165) is 11.3 Å². The number of imidazole rings is 1. The van der Waals surface area contributed by atoms with Gasteiger partial charge < -0.3 is 9.14 Å². The quantitative estimate of drug-likeness (QED) is 0.689. The predicted octanol–water partition coefficient (Wildman–Crippen LogP) is 3.11. The van der Waals surface area contributed by atoms with Gasteiger partial charge in [-0.05, 0) is 30.4 Å². The van der Waals surface area contributed by atoms with Gasteiger partial charge in [0.05, 0.1) is 5.69 Å². The maximum Gasteiger partial charge on any atom is 0.236 e. The second kappa shape index (κ2) is 5.52. The number of ether oxygens (including phenoxy) is 1. The summed E-state index contributed by atoms with van der Waals surface area (Å²) in [4.78, 5) is 12.2. The first-order valence-corrected chi connectivity index (χ1v) is 7.64. The van der Waals surface area contributed by atoms with E-state index in [0.29, 0.717) is 5.92 Å². The van der Waals surface area contributed by atoms with E-state index in [4.69, 9.17) is 21.6 Å². The van der Waals surface area contributed by atoms with Crippen LogP contribution in [0.2, 0.25) is 5.15 Å². The SMILES string of the molecule is N#Cc1nc(Cl)cc(OCc2cn3cc(C4CC4)ccc3n2)n1. The molecule has 4 rings (SSSR count). The maximum absolute atomic E-state index is 8.84. The minimum absolute atomic E-state index is 0.0171. The van der Waals surface area contributed by atoms with Crippen LogP contribution in [0.1, 0.15) is 35.8 Å². The molecule has 23 heavy (non-hydrogen) atoms. The fourth-order valence-corrected chi connectivity index (χ4v) is 2.63. The Labute approximate surface area is 137 Å². The molecule has 0 saturated heterocycles. The van der Waals surface area contributed by atoms with Gasteiger partial charge in [0, 0.05) is 18.5 Å². The Morgan fingerprint density at radius 2 is 2.13 bits per heavy atom. The number of halogens is 1. The highest BCUT2D eigenvalue weighted by molar-refractivity contribution is 6.29. The van der Waals surface area contributed by atoms with Gasteiger partial charge in [0.25, 0.3) is 0 Å². The van der Waals surface area contributed by atoms with Crippen LogP contribution in [0.25, 0.3) is 5.65 Å². The van der Waals surface area contributed by atoms with E-state index in [1.54, 1.807) is 0 Å². The molecule has 0 unspecified atom stereocenters. The molecule has 1 aliphatic rings. The van der Waals surface area contributed by atoms with Crippen LogP contribution >= 0.6 is 11.6 Å². The highest BCUT2D eigenvalue weighted by Gasteiger charge is 2.23. The zero-order chi connectivity index (χ0) is 15.8. The predicted molar refractivity (Wildman–Crippen MR) is 83.3 cm³/mol. The summed E-state index contributed by atoms with van der Waals surface area (Å²) in [6, 6.07) is 7.47. The molecular weight excluding hydrogens is 314 g/mol. The molecule has 0 atom stereocenters. The first kappa shape index (κ1) is 14.0. The standard InChI is InChI=1S/C16H12ClN5O/c17-13-5-16(21-14(6-18)20-13)23-9-12-8-22-7-11(10-1-2-10)3-4-15(22)19-12/h3-5,7-8,10H,1-2,9H2. The van der Waals surface area contributed by atoms with Gasteiger partial charge in [-0.25, -0.2) is 9.97 Å². The third kappa shape index (κ3) is 2.96. The van der Waals surface area contributed by atoms with Crippen molar-refractivity contribution < 1.29 is 4.74 Å². The second-order valence-electron chi connectivity index (χ2n) is 5.49. The lowest BCUT2D eigenvalue weighted by molar-refractivity contribution is 0.289. The molecule has 114 valence electrons. The number of fused-ring (bicyclic) bond motifs is 1. The van der Waals surface area contributed by atoms with Crippen LogP contribution in [0.15, 0.2) is 30.6 Å². The van der Waals surface area contributed by atoms with Gasteiger partial charge in [-0.15, -0.1) is 0 Å². The molecule has 6 nitrogen and oxygen atoms in total. The fraction of sp³-hybridized carbons (Fsp3) is 0.250. The molecule has 3 heterocycles. The molecular formula is C16H12ClN5O. The van der Waals surface area contributed by atoms with Crippen LogP contribution in [0, 0.1) is 11.3 Å². The third-order valence-corrected chi connectivity index (χ3v) is 3.91. The molecule has 1 saturated carbocycles. The maximum atomic E-state index is 8.84. The van der Waals surface area contributed by atoms with Gasteiger partial charge in [0.2, 0.25) is 11.7 Å². The Morgan fingerprint density at radius 3 is 2.91 bits per heavy atom. The minimum atomic E-state index is -0.0171. The van der Waals surface area contributed by atoms with E-state index in [9.17, 15) is 0 Å². The lowest BCUT2D eigenvalue weighted by Crippen LogP contribution is -2.00. The van der Waals surface area contributed by atoms with Crippen LogP contribution in [0.5, 0.6) is 5.88 Å². The molecule has 0 aromatic carbocycles. The lowest BCUT2D eigenvalue weighted by Gasteiger charge is -2.03. The van der Waals surface area contributed by atoms with Crippen LogP contribution in [-0.4, -0.2) is 19.4 Å². The van der Waals surface area contributed by atoms with E-state index in [1.807, 2.05) is 22.7 Å². The van der Waals surface area contributed by atoms with Crippen LogP contribution in [0.3, 0.4) is 0 Å². The van der Waals surface area contributed by atoms with Gasteiger partial charge in [-0.3, -0.25) is 0 Å². The summed E-state index contributed by atoms with van der Waals surface area (Å²) >= 11 is 5.83. The molecule has 7 heteroatoms. The first-order chi connectivity index (χ1) is 11.2. The normalized spacial score (nSPS) is 13.9. The highest BCUT2D eigenvalue weighted by Crippen LogP contribution is 2.39. The number of pyridine rings is 1. The highest BCUT2D eigenvalue weighted by atomic mass is 35.5. The van der Waals surface area contributed by atoms with E-state index in [-0.39, 0.29) is 23.5 Å². The van der Waals surface area contributed by atoms with E-state index < -0.39 is 0 Å². The smallest absolute Gasteiger partial charge is 0.236 e. The Morgan fingerprint density at radius 1 is 1.26 bits per heavy atom. The molecule has 0 aliphatic heterocycles. The number of rotatable bonds is 4. The summed E-state index contributed by atoms with van der Waals surface area (Å²) in [7, 11) is 0. The van der Waals surface area contributed by atoms with Crippen LogP contribution < -0.4 is 4.74 Å². The summed E-state index contributed by atoms with van der Waals surface area (Å²) in [5.74, 6) is 0.947. The fourth-order valence-electron chi connectivity index (χ4n) is 2.46. The Balaban J connectivity index is 1.53. The van der Waals surface area contributed by atoms with Gasteiger partial charge in [-0.1, -0.05) is 17.7 Å². The largest absolute Gasteiger partial charge is 0.471 e. The topological polar surface area (TPSA) is 76.1 Å². The molecule has 1 aliphatic carbocycles. The van der Waals surface area contributed by atoms with Gasteiger partial charge in [-0.2, -0.15) is 10.2 Å². The molecule has 0 radical (unpaired) electrons. The summed E-state index contributed by atoms with van der Waals surface area (Å²) < 4.78 is 7.59. The average Bonchev–Trinajstić information content (AvgIpc) is 3.31. The zero-order valence-electron chi connectivity index (χ0n) is 12.1. The van der Waals surface area contributed by atoms with Crippen molar-refractivity contribution >= 4 is 17.2 Å². The Hall–Kier alpha value is -2.65. The molecule has 0 bridgehead atoms. The van der Waals surface area contributed by atoms with E-state index >= 15 is 0 Å². The van der Waals surface area contributed by atoms with Crippen molar-refractivity contribution in [2.24, 2.45) is 0 Å². The van der Waals surface area contributed by atoms with Crippen molar-refractivity contribution in [2.45, 2.75) is 25.4 Å². The Kier molecular flexibility index (Phi) is 3.36. The Bertz CT molecular complexity index is 926. The number of hydrogen-bond donors (Lipinski definition) is 0. The van der Waals surface area contributed by atoms with E-state index in [1.165, 1.54) is 24.5 Å². The van der Waals surface area contributed by atoms with Crippen molar-refractivity contribution in [3.8, 4) is 11.9 Å². The molecule has 0 amide bonds.